The molecule has 144 valence electrons. The molecule has 8 heteroatoms. The maximum atomic E-state index is 12.5. The average molecular weight is 380 g/mol. The van der Waals surface area contributed by atoms with E-state index in [1.165, 1.54) is 4.90 Å². The Hall–Kier alpha value is -3.23. The van der Waals surface area contributed by atoms with Gasteiger partial charge in [0.25, 0.3) is 11.8 Å². The fraction of sp³-hybridized carbons (Fsp3) is 0.250. The standard InChI is InChI=1S/C20H20N4O4/c25-17(14-6-2-1-3-7-14)18(26)21-11-20(28)12-24(13-20)19(27)15-10-23-9-5-4-8-16(23)22-15/h1-10,17,25,28H,11-13H2,(H,21,26)/t17-/m1/s1. The van der Waals surface area contributed by atoms with E-state index in [-0.39, 0.29) is 25.5 Å². The van der Waals surface area contributed by atoms with Gasteiger partial charge in [-0.2, -0.15) is 0 Å². The summed E-state index contributed by atoms with van der Waals surface area (Å²) in [5, 5.41) is 23.1. The first-order valence-electron chi connectivity index (χ1n) is 8.91. The van der Waals surface area contributed by atoms with Crippen LogP contribution in [-0.4, -0.2) is 61.5 Å². The number of amides is 2. The van der Waals surface area contributed by atoms with Crippen LogP contribution in [0.2, 0.25) is 0 Å². The first-order chi connectivity index (χ1) is 13.5. The third-order valence-corrected chi connectivity index (χ3v) is 4.80. The summed E-state index contributed by atoms with van der Waals surface area (Å²) < 4.78 is 1.75. The average Bonchev–Trinajstić information content (AvgIpc) is 3.14. The fourth-order valence-electron chi connectivity index (χ4n) is 3.25. The zero-order chi connectivity index (χ0) is 19.7. The molecule has 0 spiro atoms. The molecule has 0 bridgehead atoms. The summed E-state index contributed by atoms with van der Waals surface area (Å²) in [4.78, 5) is 30.4. The van der Waals surface area contributed by atoms with Gasteiger partial charge in [-0.3, -0.25) is 9.59 Å². The number of likely N-dealkylation sites (tertiary alicyclic amines) is 1. The highest BCUT2D eigenvalue weighted by molar-refractivity contribution is 5.93. The van der Waals surface area contributed by atoms with E-state index < -0.39 is 17.6 Å². The normalized spacial score (nSPS) is 16.4. The lowest BCUT2D eigenvalue weighted by atomic mass is 9.93. The molecular weight excluding hydrogens is 360 g/mol. The Morgan fingerprint density at radius 1 is 1.14 bits per heavy atom. The van der Waals surface area contributed by atoms with E-state index in [2.05, 4.69) is 10.3 Å². The summed E-state index contributed by atoms with van der Waals surface area (Å²) in [7, 11) is 0. The Balaban J connectivity index is 1.32. The van der Waals surface area contributed by atoms with Crippen molar-refractivity contribution in [3.63, 3.8) is 0 Å². The molecule has 0 unspecified atom stereocenters. The topological polar surface area (TPSA) is 107 Å². The maximum absolute atomic E-state index is 12.5. The molecule has 2 amide bonds. The number of nitrogens with zero attached hydrogens (tertiary/aromatic N) is 3. The number of aliphatic hydroxyl groups is 2. The van der Waals surface area contributed by atoms with Gasteiger partial charge < -0.3 is 24.8 Å². The van der Waals surface area contributed by atoms with Gasteiger partial charge in [-0.1, -0.05) is 36.4 Å². The third kappa shape index (κ3) is 3.47. The summed E-state index contributed by atoms with van der Waals surface area (Å²) in [5.74, 6) is -0.867. The number of hydrogen-bond donors (Lipinski definition) is 3. The fourth-order valence-corrected chi connectivity index (χ4v) is 3.25. The molecule has 1 aliphatic rings. The quantitative estimate of drug-likeness (QED) is 0.593. The van der Waals surface area contributed by atoms with Crippen LogP contribution in [0.25, 0.3) is 5.65 Å². The second-order valence-corrected chi connectivity index (χ2v) is 7.01. The van der Waals surface area contributed by atoms with Gasteiger partial charge in [-0.25, -0.2) is 4.98 Å². The minimum Gasteiger partial charge on any atom is -0.384 e. The van der Waals surface area contributed by atoms with Crippen molar-refractivity contribution in [3.05, 3.63) is 72.2 Å². The van der Waals surface area contributed by atoms with Crippen molar-refractivity contribution in [1.29, 1.82) is 0 Å². The summed E-state index contributed by atoms with van der Waals surface area (Å²) in [6.45, 7) is 0.119. The van der Waals surface area contributed by atoms with Crippen LogP contribution in [0.4, 0.5) is 0 Å². The highest BCUT2D eigenvalue weighted by Gasteiger charge is 2.44. The minimum absolute atomic E-state index is 0.0509. The Morgan fingerprint density at radius 2 is 1.86 bits per heavy atom. The molecule has 28 heavy (non-hydrogen) atoms. The van der Waals surface area contributed by atoms with Crippen molar-refractivity contribution >= 4 is 17.5 Å². The molecule has 1 atom stereocenters. The first-order valence-corrected chi connectivity index (χ1v) is 8.91. The second-order valence-electron chi connectivity index (χ2n) is 7.01. The molecule has 0 aliphatic carbocycles. The van der Waals surface area contributed by atoms with Crippen LogP contribution in [0, 0.1) is 0 Å². The number of benzene rings is 1. The number of hydrogen-bond acceptors (Lipinski definition) is 5. The van der Waals surface area contributed by atoms with Crippen molar-refractivity contribution < 1.29 is 19.8 Å². The molecule has 2 aromatic heterocycles. The van der Waals surface area contributed by atoms with Gasteiger partial charge in [0, 0.05) is 18.9 Å². The molecule has 3 heterocycles. The van der Waals surface area contributed by atoms with E-state index in [0.29, 0.717) is 16.9 Å². The van der Waals surface area contributed by atoms with Gasteiger partial charge in [0.05, 0.1) is 13.1 Å². The predicted octanol–water partition coefficient (Wildman–Crippen LogP) is 0.371. The zero-order valence-electron chi connectivity index (χ0n) is 15.0. The molecule has 3 N–H and O–H groups in total. The predicted molar refractivity (Wildman–Crippen MR) is 100 cm³/mol. The Labute approximate surface area is 161 Å². The molecule has 1 fully saturated rings. The maximum Gasteiger partial charge on any atom is 0.274 e. The molecular formula is C20H20N4O4. The SMILES string of the molecule is O=C(NCC1(O)CN(C(=O)c2cn3ccccc3n2)C1)[C@H](O)c1ccccc1. The van der Waals surface area contributed by atoms with Crippen molar-refractivity contribution in [3.8, 4) is 0 Å². The summed E-state index contributed by atoms with van der Waals surface area (Å²) in [6.07, 6.45) is 2.15. The van der Waals surface area contributed by atoms with Gasteiger partial charge in [0.2, 0.25) is 0 Å². The van der Waals surface area contributed by atoms with E-state index in [9.17, 15) is 19.8 Å². The van der Waals surface area contributed by atoms with Crippen molar-refractivity contribution in [2.24, 2.45) is 0 Å². The second kappa shape index (κ2) is 7.06. The number of rotatable bonds is 5. The number of pyridine rings is 1. The number of carbonyl (C=O) groups is 2. The van der Waals surface area contributed by atoms with E-state index in [4.69, 9.17) is 0 Å². The van der Waals surface area contributed by atoms with Gasteiger partial charge in [0.1, 0.15) is 16.9 Å². The minimum atomic E-state index is -1.31. The van der Waals surface area contributed by atoms with Crippen LogP contribution >= 0.6 is 0 Å². The number of β-amino-alcohol motifs (C(OH)–C–C–N with tert-alkyl or cyclic N) is 1. The molecule has 0 saturated carbocycles. The Bertz CT molecular complexity index is 978. The molecule has 1 aliphatic heterocycles. The number of imidazole rings is 1. The van der Waals surface area contributed by atoms with E-state index in [0.717, 1.165) is 0 Å². The van der Waals surface area contributed by atoms with Crippen LogP contribution in [0.5, 0.6) is 0 Å². The number of nitrogens with one attached hydrogen (secondary N) is 1. The number of aliphatic hydroxyl groups excluding tert-OH is 1. The monoisotopic (exact) mass is 380 g/mol. The van der Waals surface area contributed by atoms with Gasteiger partial charge in [-0.05, 0) is 17.7 Å². The highest BCUT2D eigenvalue weighted by Crippen LogP contribution is 2.23. The summed E-state index contributed by atoms with van der Waals surface area (Å²) in [6, 6.07) is 14.0. The van der Waals surface area contributed by atoms with Crippen LogP contribution in [-0.2, 0) is 4.79 Å². The lowest BCUT2D eigenvalue weighted by Crippen LogP contribution is -2.67. The Morgan fingerprint density at radius 3 is 2.57 bits per heavy atom. The van der Waals surface area contributed by atoms with Crippen molar-refractivity contribution in [2.45, 2.75) is 11.7 Å². The van der Waals surface area contributed by atoms with Crippen molar-refractivity contribution in [1.82, 2.24) is 19.6 Å². The number of carbonyl (C=O) groups excluding carboxylic acids is 2. The third-order valence-electron chi connectivity index (χ3n) is 4.80. The summed E-state index contributed by atoms with van der Waals surface area (Å²) >= 11 is 0. The molecule has 1 aromatic carbocycles. The largest absolute Gasteiger partial charge is 0.384 e. The molecule has 1 saturated heterocycles. The highest BCUT2D eigenvalue weighted by atomic mass is 16.3. The number of aromatic nitrogens is 2. The van der Waals surface area contributed by atoms with E-state index in [1.54, 1.807) is 53.2 Å². The molecule has 3 aromatic rings. The van der Waals surface area contributed by atoms with Crippen LogP contribution in [0.1, 0.15) is 22.2 Å². The lowest BCUT2D eigenvalue weighted by Gasteiger charge is -2.46. The smallest absolute Gasteiger partial charge is 0.274 e. The van der Waals surface area contributed by atoms with Crippen molar-refractivity contribution in [2.75, 3.05) is 19.6 Å². The lowest BCUT2D eigenvalue weighted by molar-refractivity contribution is -0.133. The van der Waals surface area contributed by atoms with Crippen LogP contribution < -0.4 is 5.32 Å². The van der Waals surface area contributed by atoms with E-state index >= 15 is 0 Å². The number of fused-ring (bicyclic) bond motifs is 1. The van der Waals surface area contributed by atoms with Crippen LogP contribution in [0.3, 0.4) is 0 Å². The first kappa shape index (κ1) is 18.1. The van der Waals surface area contributed by atoms with Gasteiger partial charge >= 0.3 is 0 Å². The van der Waals surface area contributed by atoms with Gasteiger partial charge in [0.15, 0.2) is 6.10 Å². The molecule has 8 nitrogen and oxygen atoms in total. The Kier molecular flexibility index (Phi) is 4.58. The molecule has 0 radical (unpaired) electrons. The summed E-state index contributed by atoms with van der Waals surface area (Å²) in [5.41, 5.74) is 0.228. The van der Waals surface area contributed by atoms with Crippen LogP contribution in [0.15, 0.2) is 60.9 Å². The zero-order valence-corrected chi connectivity index (χ0v) is 15.0. The molecule has 4 rings (SSSR count). The van der Waals surface area contributed by atoms with E-state index in [1.807, 2.05) is 12.1 Å². The van der Waals surface area contributed by atoms with Gasteiger partial charge in [-0.15, -0.1) is 0 Å².